The zero-order chi connectivity index (χ0) is 22.4. The Labute approximate surface area is 184 Å². The molecule has 0 unspecified atom stereocenters. The lowest BCUT2D eigenvalue weighted by Gasteiger charge is -2.37. The number of anilines is 2. The predicted octanol–water partition coefficient (Wildman–Crippen LogP) is 2.90. The molecule has 0 saturated carbocycles. The molecule has 7 heteroatoms. The van der Waals surface area contributed by atoms with E-state index in [4.69, 9.17) is 4.74 Å². The molecule has 0 aromatic heterocycles. The summed E-state index contributed by atoms with van der Waals surface area (Å²) in [7, 11) is 1.59. The van der Waals surface area contributed by atoms with Crippen molar-refractivity contribution >= 4 is 23.2 Å². The van der Waals surface area contributed by atoms with Crippen molar-refractivity contribution in [3.05, 3.63) is 53.6 Å². The van der Waals surface area contributed by atoms with Gasteiger partial charge in [-0.1, -0.05) is 30.3 Å². The van der Waals surface area contributed by atoms with E-state index in [1.54, 1.807) is 7.11 Å². The Hall–Kier alpha value is -2.90. The Balaban J connectivity index is 1.48. The van der Waals surface area contributed by atoms with Crippen LogP contribution in [0.4, 0.5) is 11.4 Å². The van der Waals surface area contributed by atoms with Crippen LogP contribution in [-0.4, -0.2) is 67.5 Å². The number of rotatable bonds is 7. The molecular formula is C24H32N4O3. The number of methoxy groups -OCH3 is 1. The van der Waals surface area contributed by atoms with Crippen LogP contribution >= 0.6 is 0 Å². The van der Waals surface area contributed by atoms with Crippen LogP contribution in [0.15, 0.2) is 42.5 Å². The number of aryl methyl sites for hydroxylation is 2. The zero-order valence-corrected chi connectivity index (χ0v) is 18.8. The molecule has 2 N–H and O–H groups in total. The highest BCUT2D eigenvalue weighted by Gasteiger charge is 2.27. The lowest BCUT2D eigenvalue weighted by atomic mass is 10.1. The summed E-state index contributed by atoms with van der Waals surface area (Å²) in [5, 5.41) is 6.00. The maximum atomic E-state index is 12.7. The Morgan fingerprint density at radius 1 is 0.968 bits per heavy atom. The second-order valence-electron chi connectivity index (χ2n) is 7.99. The summed E-state index contributed by atoms with van der Waals surface area (Å²) in [6.07, 6.45) is 0. The first kappa shape index (κ1) is 22.8. The Bertz CT molecular complexity index is 903. The van der Waals surface area contributed by atoms with Gasteiger partial charge in [-0.3, -0.25) is 19.4 Å². The second-order valence-corrected chi connectivity index (χ2v) is 7.99. The Morgan fingerprint density at radius 2 is 1.61 bits per heavy atom. The summed E-state index contributed by atoms with van der Waals surface area (Å²) in [5.74, 6) is 0.571. The standard InChI is InChI=1S/C24H32N4O3/c1-17-8-7-9-18(2)23(17)26-22(29)16-27-12-14-28(15-13-27)19(3)24(30)25-20-10-5-6-11-21(20)31-4/h5-11,19H,12-16H2,1-4H3,(H,25,30)(H,26,29)/t19-/m1/s1. The highest BCUT2D eigenvalue weighted by atomic mass is 16.5. The van der Waals surface area contributed by atoms with Gasteiger partial charge in [-0.2, -0.15) is 0 Å². The number of para-hydroxylation sites is 3. The van der Waals surface area contributed by atoms with Crippen LogP contribution in [0.25, 0.3) is 0 Å². The number of benzene rings is 2. The molecule has 31 heavy (non-hydrogen) atoms. The highest BCUT2D eigenvalue weighted by molar-refractivity contribution is 5.96. The molecule has 2 amide bonds. The fourth-order valence-corrected chi connectivity index (χ4v) is 3.85. The highest BCUT2D eigenvalue weighted by Crippen LogP contribution is 2.23. The smallest absolute Gasteiger partial charge is 0.241 e. The van der Waals surface area contributed by atoms with Crippen molar-refractivity contribution < 1.29 is 14.3 Å². The van der Waals surface area contributed by atoms with E-state index in [0.29, 0.717) is 18.0 Å². The van der Waals surface area contributed by atoms with Crippen LogP contribution in [0, 0.1) is 13.8 Å². The molecule has 1 fully saturated rings. The quantitative estimate of drug-likeness (QED) is 0.715. The van der Waals surface area contributed by atoms with Crippen LogP contribution in [0.1, 0.15) is 18.1 Å². The van der Waals surface area contributed by atoms with Gasteiger partial charge >= 0.3 is 0 Å². The normalized spacial score (nSPS) is 15.9. The maximum Gasteiger partial charge on any atom is 0.241 e. The number of hydrogen-bond acceptors (Lipinski definition) is 5. The van der Waals surface area contributed by atoms with Gasteiger partial charge in [0.2, 0.25) is 11.8 Å². The summed E-state index contributed by atoms with van der Waals surface area (Å²) in [4.78, 5) is 29.5. The van der Waals surface area contributed by atoms with E-state index in [9.17, 15) is 9.59 Å². The zero-order valence-electron chi connectivity index (χ0n) is 18.8. The lowest BCUT2D eigenvalue weighted by Crippen LogP contribution is -2.53. The van der Waals surface area contributed by atoms with Crippen molar-refractivity contribution in [1.29, 1.82) is 0 Å². The molecule has 0 spiro atoms. The molecule has 1 aliphatic rings. The van der Waals surface area contributed by atoms with E-state index < -0.39 is 0 Å². The van der Waals surface area contributed by atoms with E-state index in [-0.39, 0.29) is 17.9 Å². The summed E-state index contributed by atoms with van der Waals surface area (Å²) in [5.41, 5.74) is 3.69. The molecule has 2 aromatic carbocycles. The first-order valence-electron chi connectivity index (χ1n) is 10.7. The molecule has 0 radical (unpaired) electrons. The molecule has 3 rings (SSSR count). The number of hydrogen-bond donors (Lipinski definition) is 2. The maximum absolute atomic E-state index is 12.7. The molecule has 166 valence electrons. The van der Waals surface area contributed by atoms with E-state index in [1.807, 2.05) is 63.2 Å². The third-order valence-electron chi connectivity index (χ3n) is 5.81. The number of piperazine rings is 1. The Morgan fingerprint density at radius 3 is 2.26 bits per heavy atom. The predicted molar refractivity (Wildman–Crippen MR) is 124 cm³/mol. The molecule has 7 nitrogen and oxygen atoms in total. The minimum absolute atomic E-state index is 0.00665. The van der Waals surface area contributed by atoms with Crippen molar-refractivity contribution in [3.63, 3.8) is 0 Å². The van der Waals surface area contributed by atoms with Gasteiger partial charge in [0.05, 0.1) is 25.4 Å². The lowest BCUT2D eigenvalue weighted by molar-refractivity contribution is -0.122. The third-order valence-corrected chi connectivity index (χ3v) is 5.81. The average molecular weight is 425 g/mol. The van der Waals surface area contributed by atoms with Crippen molar-refractivity contribution in [1.82, 2.24) is 9.80 Å². The van der Waals surface area contributed by atoms with Gasteiger partial charge in [0.15, 0.2) is 0 Å². The molecule has 1 aliphatic heterocycles. The molecule has 0 bridgehead atoms. The second kappa shape index (κ2) is 10.4. The molecule has 1 heterocycles. The van der Waals surface area contributed by atoms with Crippen LogP contribution in [0.5, 0.6) is 5.75 Å². The monoisotopic (exact) mass is 424 g/mol. The van der Waals surface area contributed by atoms with Crippen molar-refractivity contribution in [3.8, 4) is 5.75 Å². The topological polar surface area (TPSA) is 73.9 Å². The number of nitrogens with zero attached hydrogens (tertiary/aromatic N) is 2. The molecule has 2 aromatic rings. The van der Waals surface area contributed by atoms with Gasteiger partial charge in [-0.05, 0) is 44.0 Å². The summed E-state index contributed by atoms with van der Waals surface area (Å²) < 4.78 is 5.31. The molecule has 1 saturated heterocycles. The number of nitrogens with one attached hydrogen (secondary N) is 2. The number of ether oxygens (including phenoxy) is 1. The first-order chi connectivity index (χ1) is 14.9. The minimum Gasteiger partial charge on any atom is -0.495 e. The summed E-state index contributed by atoms with van der Waals surface area (Å²) in [6, 6.07) is 13.1. The Kier molecular flexibility index (Phi) is 7.65. The van der Waals surface area contributed by atoms with E-state index in [1.165, 1.54) is 0 Å². The number of carbonyl (C=O) groups is 2. The summed E-state index contributed by atoms with van der Waals surface area (Å²) in [6.45, 7) is 9.21. The fourth-order valence-electron chi connectivity index (χ4n) is 3.85. The number of amides is 2. The van der Waals surface area contributed by atoms with Gasteiger partial charge < -0.3 is 15.4 Å². The van der Waals surface area contributed by atoms with Gasteiger partial charge in [0, 0.05) is 31.9 Å². The SMILES string of the molecule is COc1ccccc1NC(=O)[C@@H](C)N1CCN(CC(=O)Nc2c(C)cccc2C)CC1. The molecule has 1 atom stereocenters. The van der Waals surface area contributed by atoms with Gasteiger partial charge in [-0.25, -0.2) is 0 Å². The van der Waals surface area contributed by atoms with Crippen molar-refractivity contribution in [2.75, 3.05) is 50.5 Å². The van der Waals surface area contributed by atoms with Gasteiger partial charge in [-0.15, -0.1) is 0 Å². The van der Waals surface area contributed by atoms with Crippen LogP contribution in [0.2, 0.25) is 0 Å². The largest absolute Gasteiger partial charge is 0.495 e. The van der Waals surface area contributed by atoms with Crippen molar-refractivity contribution in [2.45, 2.75) is 26.8 Å². The van der Waals surface area contributed by atoms with E-state index in [2.05, 4.69) is 20.4 Å². The van der Waals surface area contributed by atoms with Gasteiger partial charge in [0.1, 0.15) is 5.75 Å². The minimum atomic E-state index is -0.268. The first-order valence-corrected chi connectivity index (χ1v) is 10.7. The van der Waals surface area contributed by atoms with Crippen LogP contribution in [-0.2, 0) is 9.59 Å². The fraction of sp³-hybridized carbons (Fsp3) is 0.417. The van der Waals surface area contributed by atoms with Crippen LogP contribution in [0.3, 0.4) is 0 Å². The van der Waals surface area contributed by atoms with Crippen molar-refractivity contribution in [2.24, 2.45) is 0 Å². The average Bonchev–Trinajstić information content (AvgIpc) is 2.77. The van der Waals surface area contributed by atoms with E-state index in [0.717, 1.165) is 43.0 Å². The van der Waals surface area contributed by atoms with Gasteiger partial charge in [0.25, 0.3) is 0 Å². The van der Waals surface area contributed by atoms with Crippen LogP contribution < -0.4 is 15.4 Å². The third kappa shape index (κ3) is 5.83. The summed E-state index contributed by atoms with van der Waals surface area (Å²) >= 11 is 0. The molecular weight excluding hydrogens is 392 g/mol. The van der Waals surface area contributed by atoms with E-state index >= 15 is 0 Å². The number of carbonyl (C=O) groups excluding carboxylic acids is 2. The molecule has 0 aliphatic carbocycles.